The van der Waals surface area contributed by atoms with E-state index in [1.54, 1.807) is 36.3 Å². The van der Waals surface area contributed by atoms with E-state index in [2.05, 4.69) is 4.98 Å². The number of fused-ring (bicyclic) bond motifs is 1. The highest BCUT2D eigenvalue weighted by Gasteiger charge is 2.31. The van der Waals surface area contributed by atoms with Gasteiger partial charge in [-0.1, -0.05) is 0 Å². The van der Waals surface area contributed by atoms with Crippen LogP contribution in [-0.4, -0.2) is 62.9 Å². The number of rotatable bonds is 4. The molecule has 10 heteroatoms. The van der Waals surface area contributed by atoms with Gasteiger partial charge in [-0.15, -0.1) is 0 Å². The van der Waals surface area contributed by atoms with Crippen molar-refractivity contribution in [2.75, 3.05) is 19.7 Å². The molecule has 1 aliphatic rings. The Morgan fingerprint density at radius 3 is 2.61 bits per heavy atom. The first-order valence-corrected chi connectivity index (χ1v) is 11.6. The molecule has 1 atom stereocenters. The lowest BCUT2D eigenvalue weighted by molar-refractivity contribution is -0.0418. The van der Waals surface area contributed by atoms with Gasteiger partial charge in [0.25, 0.3) is 0 Å². The zero-order chi connectivity index (χ0) is 26.4. The van der Waals surface area contributed by atoms with E-state index in [0.717, 1.165) is 11.6 Å². The average Bonchev–Trinajstić information content (AvgIpc) is 3.12. The molecule has 0 saturated carbocycles. The van der Waals surface area contributed by atoms with Crippen LogP contribution in [0.3, 0.4) is 0 Å². The number of aromatic nitrogens is 2. The number of carbonyl (C=O) groups excluding carboxylic acids is 1. The van der Waals surface area contributed by atoms with Gasteiger partial charge in [-0.2, -0.15) is 0 Å². The van der Waals surface area contributed by atoms with Crippen molar-refractivity contribution in [3.63, 3.8) is 0 Å². The molecule has 1 saturated heterocycles. The summed E-state index contributed by atoms with van der Waals surface area (Å²) in [5.74, 6) is -4.26. The first kappa shape index (κ1) is 25.6. The molecule has 2 aromatic heterocycles. The Morgan fingerprint density at radius 2 is 1.94 bits per heavy atom. The Kier molecular flexibility index (Phi) is 6.74. The van der Waals surface area contributed by atoms with E-state index < -0.39 is 41.0 Å². The zero-order valence-electron chi connectivity index (χ0n) is 20.9. The lowest BCUT2D eigenvalue weighted by Crippen LogP contribution is -2.48. The molecule has 1 N–H and O–H groups in total. The molecule has 1 unspecified atom stereocenters. The first-order chi connectivity index (χ1) is 16.9. The number of benzene rings is 1. The summed E-state index contributed by atoms with van der Waals surface area (Å²) >= 11 is 0. The van der Waals surface area contributed by atoms with E-state index in [1.807, 2.05) is 19.1 Å². The van der Waals surface area contributed by atoms with Crippen LogP contribution in [0.4, 0.5) is 13.6 Å². The summed E-state index contributed by atoms with van der Waals surface area (Å²) in [7, 11) is 0. The van der Waals surface area contributed by atoms with Gasteiger partial charge >= 0.3 is 12.1 Å². The second-order valence-electron chi connectivity index (χ2n) is 10.0. The number of aryl methyl sites for hydroxylation is 2. The van der Waals surface area contributed by atoms with Crippen molar-refractivity contribution >= 4 is 17.7 Å². The van der Waals surface area contributed by atoms with Crippen molar-refractivity contribution in [2.45, 2.75) is 52.7 Å². The fraction of sp³-hybridized carbons (Fsp3) is 0.423. The maximum Gasteiger partial charge on any atom is 0.410 e. The summed E-state index contributed by atoms with van der Waals surface area (Å²) in [5, 5.41) is 9.25. The predicted molar refractivity (Wildman–Crippen MR) is 128 cm³/mol. The molecular formula is C26H29F2N3O5. The van der Waals surface area contributed by atoms with Gasteiger partial charge < -0.3 is 23.9 Å². The summed E-state index contributed by atoms with van der Waals surface area (Å²) in [6.07, 6.45) is 1.15. The number of nitrogens with zero attached hydrogens (tertiary/aromatic N) is 3. The van der Waals surface area contributed by atoms with E-state index in [1.165, 1.54) is 6.92 Å². The van der Waals surface area contributed by atoms with Gasteiger partial charge in [0.1, 0.15) is 11.2 Å². The van der Waals surface area contributed by atoms with Crippen molar-refractivity contribution in [3.8, 4) is 11.3 Å². The van der Waals surface area contributed by atoms with Gasteiger partial charge in [0, 0.05) is 24.7 Å². The van der Waals surface area contributed by atoms with Gasteiger partial charge in [0.05, 0.1) is 36.2 Å². The summed E-state index contributed by atoms with van der Waals surface area (Å²) in [6.45, 7) is 9.71. The Bertz CT molecular complexity index is 1350. The molecule has 0 aliphatic carbocycles. The van der Waals surface area contributed by atoms with Crippen molar-refractivity contribution in [3.05, 3.63) is 58.4 Å². The molecule has 8 nitrogen and oxygen atoms in total. The topological polar surface area (TPSA) is 93.4 Å². The van der Waals surface area contributed by atoms with Crippen LogP contribution in [0.2, 0.25) is 0 Å². The number of morpholine rings is 1. The van der Waals surface area contributed by atoms with Crippen LogP contribution in [0, 0.1) is 25.5 Å². The number of aromatic carboxylic acids is 1. The highest BCUT2D eigenvalue weighted by Crippen LogP contribution is 2.34. The van der Waals surface area contributed by atoms with Gasteiger partial charge in [-0.05, 0) is 63.9 Å². The smallest absolute Gasteiger partial charge is 0.410 e. The minimum absolute atomic E-state index is 0.103. The number of hydrogen-bond acceptors (Lipinski definition) is 5. The molecule has 1 aromatic carbocycles. The van der Waals surface area contributed by atoms with Crippen LogP contribution in [0.15, 0.2) is 24.4 Å². The zero-order valence-corrected chi connectivity index (χ0v) is 20.9. The number of carboxylic acids is 1. The Morgan fingerprint density at radius 1 is 1.22 bits per heavy atom. The maximum atomic E-state index is 15.3. The molecule has 3 aromatic rings. The van der Waals surface area contributed by atoms with E-state index in [9.17, 15) is 19.1 Å². The predicted octanol–water partition coefficient (Wildman–Crippen LogP) is 4.77. The van der Waals surface area contributed by atoms with Crippen LogP contribution in [0.25, 0.3) is 16.9 Å². The highest BCUT2D eigenvalue weighted by atomic mass is 19.2. The third-order valence-electron chi connectivity index (χ3n) is 5.96. The number of imidazole rings is 1. The van der Waals surface area contributed by atoms with Crippen molar-refractivity contribution in [2.24, 2.45) is 0 Å². The normalized spacial score (nSPS) is 16.4. The van der Waals surface area contributed by atoms with Crippen LogP contribution in [-0.2, 0) is 15.9 Å². The minimum Gasteiger partial charge on any atom is -0.478 e. The van der Waals surface area contributed by atoms with Crippen molar-refractivity contribution in [1.29, 1.82) is 0 Å². The van der Waals surface area contributed by atoms with E-state index in [4.69, 9.17) is 9.47 Å². The third kappa shape index (κ3) is 5.04. The van der Waals surface area contributed by atoms with Crippen LogP contribution in [0.5, 0.6) is 0 Å². The number of halogens is 2. The molecule has 36 heavy (non-hydrogen) atoms. The molecular weight excluding hydrogens is 472 g/mol. The van der Waals surface area contributed by atoms with Crippen molar-refractivity contribution in [1.82, 2.24) is 14.3 Å². The minimum atomic E-state index is -1.55. The van der Waals surface area contributed by atoms with Gasteiger partial charge in [-0.3, -0.25) is 0 Å². The standard InChI is InChI=1S/C26H29F2N3O5/c1-14-6-7-31-18(12-16-13-30(8-9-35-16)25(34)36-26(3,4)5)23(29-19(31)10-14)20-15(2)11-17(24(32)33)21(27)22(20)28/h6-7,10-11,16H,8-9,12-13H2,1-5H3,(H,32,33). The molecule has 0 spiro atoms. The molecule has 3 heterocycles. The lowest BCUT2D eigenvalue weighted by Gasteiger charge is -2.34. The Balaban J connectivity index is 1.76. The summed E-state index contributed by atoms with van der Waals surface area (Å²) in [5.41, 5.74) is 0.981. The van der Waals surface area contributed by atoms with E-state index in [0.29, 0.717) is 24.5 Å². The number of carbonyl (C=O) groups is 2. The fourth-order valence-electron chi connectivity index (χ4n) is 4.34. The fourth-order valence-corrected chi connectivity index (χ4v) is 4.34. The largest absolute Gasteiger partial charge is 0.478 e. The highest BCUT2D eigenvalue weighted by molar-refractivity contribution is 5.89. The summed E-state index contributed by atoms with van der Waals surface area (Å²) in [4.78, 5) is 30.1. The molecule has 1 amide bonds. The average molecular weight is 502 g/mol. The number of amides is 1. The molecule has 0 bridgehead atoms. The van der Waals surface area contributed by atoms with Gasteiger partial charge in [0.15, 0.2) is 11.6 Å². The molecule has 1 aliphatic heterocycles. The third-order valence-corrected chi connectivity index (χ3v) is 5.96. The molecule has 1 fully saturated rings. The summed E-state index contributed by atoms with van der Waals surface area (Å²) < 4.78 is 43.2. The quantitative estimate of drug-likeness (QED) is 0.554. The molecule has 0 radical (unpaired) electrons. The van der Waals surface area contributed by atoms with Crippen LogP contribution >= 0.6 is 0 Å². The number of carboxylic acid groups (broad SMARTS) is 1. The van der Waals surface area contributed by atoms with E-state index in [-0.39, 0.29) is 29.8 Å². The lowest BCUT2D eigenvalue weighted by atomic mass is 9.98. The maximum absolute atomic E-state index is 15.3. The second kappa shape index (κ2) is 9.50. The SMILES string of the molecule is Cc1ccn2c(CC3CN(C(=O)OC(C)(C)C)CCO3)c(-c3c(C)cc(C(=O)O)c(F)c3F)nc2c1. The Labute approximate surface area is 207 Å². The van der Waals surface area contributed by atoms with Gasteiger partial charge in [-0.25, -0.2) is 23.4 Å². The van der Waals surface area contributed by atoms with Crippen LogP contribution in [0.1, 0.15) is 48.0 Å². The second-order valence-corrected chi connectivity index (χ2v) is 10.0. The van der Waals surface area contributed by atoms with E-state index >= 15 is 4.39 Å². The number of hydrogen-bond donors (Lipinski definition) is 1. The molecule has 192 valence electrons. The van der Waals surface area contributed by atoms with Crippen LogP contribution < -0.4 is 0 Å². The number of ether oxygens (including phenoxy) is 2. The van der Waals surface area contributed by atoms with Gasteiger partial charge in [0.2, 0.25) is 0 Å². The number of pyridine rings is 1. The Hall–Kier alpha value is -3.53. The first-order valence-electron chi connectivity index (χ1n) is 11.6. The van der Waals surface area contributed by atoms with Crippen molar-refractivity contribution < 1.29 is 33.0 Å². The summed E-state index contributed by atoms with van der Waals surface area (Å²) in [6, 6.07) is 4.79. The monoisotopic (exact) mass is 501 g/mol. The molecule has 4 rings (SSSR count).